The van der Waals surface area contributed by atoms with Crippen molar-refractivity contribution in [2.45, 2.75) is 17.6 Å². The number of thioether (sulfide) groups is 1. The average molecular weight is 244 g/mol. The van der Waals surface area contributed by atoms with Crippen LogP contribution in [0.3, 0.4) is 0 Å². The Bertz CT molecular complexity index is 477. The van der Waals surface area contributed by atoms with Crippen LogP contribution in [-0.4, -0.2) is 7.11 Å². The highest BCUT2D eigenvalue weighted by atomic mass is 32.2. The molecule has 0 spiro atoms. The molecule has 0 aliphatic carbocycles. The van der Waals surface area contributed by atoms with Crippen LogP contribution in [0.4, 0.5) is 0 Å². The third-order valence-corrected chi connectivity index (χ3v) is 3.89. The van der Waals surface area contributed by atoms with Gasteiger partial charge in [-0.3, -0.25) is 0 Å². The summed E-state index contributed by atoms with van der Waals surface area (Å²) < 4.78 is 5.14. The minimum atomic E-state index is 0.912. The minimum Gasteiger partial charge on any atom is -0.497 e. The van der Waals surface area contributed by atoms with Gasteiger partial charge in [-0.15, -0.1) is 11.8 Å². The van der Waals surface area contributed by atoms with Crippen molar-refractivity contribution in [3.05, 3.63) is 59.7 Å². The average Bonchev–Trinajstić information content (AvgIpc) is 2.38. The molecule has 2 aromatic rings. The Kier molecular flexibility index (Phi) is 4.10. The molecule has 2 heteroatoms. The highest BCUT2D eigenvalue weighted by Gasteiger charge is 1.99. The summed E-state index contributed by atoms with van der Waals surface area (Å²) in [6, 6.07) is 16.7. The van der Waals surface area contributed by atoms with Crippen LogP contribution >= 0.6 is 11.8 Å². The first-order chi connectivity index (χ1) is 8.29. The first kappa shape index (κ1) is 12.1. The topological polar surface area (TPSA) is 9.23 Å². The van der Waals surface area contributed by atoms with E-state index in [0.717, 1.165) is 11.5 Å². The quantitative estimate of drug-likeness (QED) is 0.742. The first-order valence-electron chi connectivity index (χ1n) is 5.61. The van der Waals surface area contributed by atoms with Crippen LogP contribution in [0.2, 0.25) is 0 Å². The molecular formula is C15H16OS. The highest BCUT2D eigenvalue weighted by molar-refractivity contribution is 7.98. The molecule has 17 heavy (non-hydrogen) atoms. The fraction of sp³-hybridized carbons (Fsp3) is 0.200. The molecule has 0 bridgehead atoms. The van der Waals surface area contributed by atoms with Crippen LogP contribution in [-0.2, 0) is 5.75 Å². The second-order valence-corrected chi connectivity index (χ2v) is 4.92. The normalized spacial score (nSPS) is 10.2. The summed E-state index contributed by atoms with van der Waals surface area (Å²) in [6.45, 7) is 2.15. The molecule has 88 valence electrons. The molecule has 0 aliphatic heterocycles. The van der Waals surface area contributed by atoms with Gasteiger partial charge in [0.1, 0.15) is 5.75 Å². The van der Waals surface area contributed by atoms with Crippen LogP contribution in [0.25, 0.3) is 0 Å². The zero-order chi connectivity index (χ0) is 12.1. The Morgan fingerprint density at radius 1 is 1.00 bits per heavy atom. The van der Waals surface area contributed by atoms with Gasteiger partial charge in [-0.05, 0) is 36.2 Å². The Hall–Kier alpha value is -1.41. The largest absolute Gasteiger partial charge is 0.497 e. The summed E-state index contributed by atoms with van der Waals surface area (Å²) in [5, 5.41) is 0. The van der Waals surface area contributed by atoms with Crippen molar-refractivity contribution in [1.29, 1.82) is 0 Å². The van der Waals surface area contributed by atoms with E-state index in [1.54, 1.807) is 7.11 Å². The lowest BCUT2D eigenvalue weighted by Gasteiger charge is -2.06. The molecular weight excluding hydrogens is 228 g/mol. The SMILES string of the molecule is COc1ccc(CSc2ccccc2C)cc1. The number of aryl methyl sites for hydroxylation is 1. The molecule has 0 saturated carbocycles. The Morgan fingerprint density at radius 3 is 2.35 bits per heavy atom. The molecule has 0 aliphatic rings. The van der Waals surface area contributed by atoms with Crippen molar-refractivity contribution in [2.24, 2.45) is 0 Å². The predicted molar refractivity (Wildman–Crippen MR) is 73.7 cm³/mol. The van der Waals surface area contributed by atoms with Gasteiger partial charge in [0.25, 0.3) is 0 Å². The van der Waals surface area contributed by atoms with E-state index >= 15 is 0 Å². The van der Waals surface area contributed by atoms with Crippen molar-refractivity contribution in [3.8, 4) is 5.75 Å². The van der Waals surface area contributed by atoms with Gasteiger partial charge in [-0.2, -0.15) is 0 Å². The lowest BCUT2D eigenvalue weighted by atomic mass is 10.2. The van der Waals surface area contributed by atoms with Crippen molar-refractivity contribution in [1.82, 2.24) is 0 Å². The molecule has 0 amide bonds. The van der Waals surface area contributed by atoms with E-state index in [2.05, 4.69) is 43.3 Å². The van der Waals surface area contributed by atoms with Crippen molar-refractivity contribution >= 4 is 11.8 Å². The van der Waals surface area contributed by atoms with Gasteiger partial charge >= 0.3 is 0 Å². The molecule has 0 saturated heterocycles. The van der Waals surface area contributed by atoms with E-state index in [0.29, 0.717) is 0 Å². The van der Waals surface area contributed by atoms with Gasteiger partial charge < -0.3 is 4.74 Å². The van der Waals surface area contributed by atoms with Gasteiger partial charge in [-0.1, -0.05) is 30.3 Å². The second kappa shape index (κ2) is 5.78. The molecule has 0 N–H and O–H groups in total. The maximum Gasteiger partial charge on any atom is 0.118 e. The third-order valence-electron chi connectivity index (χ3n) is 2.65. The van der Waals surface area contributed by atoms with E-state index in [9.17, 15) is 0 Å². The maximum atomic E-state index is 5.14. The van der Waals surface area contributed by atoms with Crippen LogP contribution in [0.1, 0.15) is 11.1 Å². The Balaban J connectivity index is 2.00. The monoisotopic (exact) mass is 244 g/mol. The highest BCUT2D eigenvalue weighted by Crippen LogP contribution is 2.26. The summed E-state index contributed by atoms with van der Waals surface area (Å²) in [5.41, 5.74) is 2.66. The molecule has 2 aromatic carbocycles. The van der Waals surface area contributed by atoms with Crippen LogP contribution in [0.5, 0.6) is 5.75 Å². The van der Waals surface area contributed by atoms with E-state index in [-0.39, 0.29) is 0 Å². The number of hydrogen-bond acceptors (Lipinski definition) is 2. The lowest BCUT2D eigenvalue weighted by Crippen LogP contribution is -1.85. The zero-order valence-electron chi connectivity index (χ0n) is 10.1. The van der Waals surface area contributed by atoms with Gasteiger partial charge in [0.15, 0.2) is 0 Å². The second-order valence-electron chi connectivity index (χ2n) is 3.90. The smallest absolute Gasteiger partial charge is 0.118 e. The number of rotatable bonds is 4. The summed E-state index contributed by atoms with van der Waals surface area (Å²) in [7, 11) is 1.69. The fourth-order valence-electron chi connectivity index (χ4n) is 1.60. The standard InChI is InChI=1S/C15H16OS/c1-12-5-3-4-6-15(12)17-11-13-7-9-14(16-2)10-8-13/h3-10H,11H2,1-2H3. The van der Waals surface area contributed by atoms with Crippen LogP contribution in [0.15, 0.2) is 53.4 Å². The lowest BCUT2D eigenvalue weighted by molar-refractivity contribution is 0.414. The van der Waals surface area contributed by atoms with Gasteiger partial charge in [0.05, 0.1) is 7.11 Å². The number of ether oxygens (including phenoxy) is 1. The molecule has 0 fully saturated rings. The summed E-state index contributed by atoms with van der Waals surface area (Å²) in [5.74, 6) is 1.91. The molecule has 0 atom stereocenters. The summed E-state index contributed by atoms with van der Waals surface area (Å²) in [4.78, 5) is 1.35. The van der Waals surface area contributed by atoms with E-state index in [4.69, 9.17) is 4.74 Å². The molecule has 2 rings (SSSR count). The minimum absolute atomic E-state index is 0.912. The fourth-order valence-corrected chi connectivity index (χ4v) is 2.59. The maximum absolute atomic E-state index is 5.14. The number of benzene rings is 2. The number of hydrogen-bond donors (Lipinski definition) is 0. The van der Waals surface area contributed by atoms with Crippen LogP contribution < -0.4 is 4.74 Å². The Morgan fingerprint density at radius 2 is 1.71 bits per heavy atom. The molecule has 0 radical (unpaired) electrons. The van der Waals surface area contributed by atoms with Crippen molar-refractivity contribution in [2.75, 3.05) is 7.11 Å². The Labute approximate surface area is 107 Å². The van der Waals surface area contributed by atoms with E-state index < -0.39 is 0 Å². The molecule has 0 aromatic heterocycles. The van der Waals surface area contributed by atoms with Crippen molar-refractivity contribution in [3.63, 3.8) is 0 Å². The van der Waals surface area contributed by atoms with Gasteiger partial charge in [0.2, 0.25) is 0 Å². The molecule has 0 heterocycles. The zero-order valence-corrected chi connectivity index (χ0v) is 11.0. The third kappa shape index (κ3) is 3.27. The van der Waals surface area contributed by atoms with Gasteiger partial charge in [-0.25, -0.2) is 0 Å². The predicted octanol–water partition coefficient (Wildman–Crippen LogP) is 4.30. The summed E-state index contributed by atoms with van der Waals surface area (Å²) in [6.07, 6.45) is 0. The van der Waals surface area contributed by atoms with Gasteiger partial charge in [0, 0.05) is 10.6 Å². The number of methoxy groups -OCH3 is 1. The summed E-state index contributed by atoms with van der Waals surface area (Å²) >= 11 is 1.87. The molecule has 1 nitrogen and oxygen atoms in total. The first-order valence-corrected chi connectivity index (χ1v) is 6.59. The van der Waals surface area contributed by atoms with Crippen molar-refractivity contribution < 1.29 is 4.74 Å². The molecule has 0 unspecified atom stereocenters. The van der Waals surface area contributed by atoms with E-state index in [1.807, 2.05) is 23.9 Å². The van der Waals surface area contributed by atoms with E-state index in [1.165, 1.54) is 16.0 Å². The van der Waals surface area contributed by atoms with Crippen LogP contribution in [0, 0.1) is 6.92 Å².